The molecule has 3 aliphatic heterocycles. The normalized spacial score (nSPS) is 14.2. The molecular formula is C57H41BN2. The summed E-state index contributed by atoms with van der Waals surface area (Å²) in [6.07, 6.45) is 1.97. The van der Waals surface area contributed by atoms with Crippen molar-refractivity contribution in [1.29, 1.82) is 0 Å². The summed E-state index contributed by atoms with van der Waals surface area (Å²) in [4.78, 5) is 0. The molecule has 0 saturated carbocycles. The quantitative estimate of drug-likeness (QED) is 0.158. The molecule has 2 nitrogen and oxygen atoms in total. The second kappa shape index (κ2) is 11.3. The van der Waals surface area contributed by atoms with Gasteiger partial charge in [0.25, 0.3) is 6.71 Å². The largest absolute Gasteiger partial charge is 0.310 e. The van der Waals surface area contributed by atoms with Crippen molar-refractivity contribution in [2.45, 2.75) is 46.0 Å². The highest BCUT2D eigenvalue weighted by atomic mass is 15.1. The average Bonchev–Trinajstić information content (AvgIpc) is 3.91. The molecule has 4 aliphatic rings. The van der Waals surface area contributed by atoms with Gasteiger partial charge in [-0.15, -0.1) is 0 Å². The first kappa shape index (κ1) is 33.0. The van der Waals surface area contributed by atoms with Crippen molar-refractivity contribution in [1.82, 2.24) is 9.13 Å². The Morgan fingerprint density at radius 3 is 1.80 bits per heavy atom. The molecule has 5 heterocycles. The number of aryl methyl sites for hydroxylation is 4. The van der Waals surface area contributed by atoms with E-state index in [-0.39, 0.29) is 6.71 Å². The predicted molar refractivity (Wildman–Crippen MR) is 252 cm³/mol. The Morgan fingerprint density at radius 2 is 1.12 bits per heavy atom. The van der Waals surface area contributed by atoms with E-state index in [2.05, 4.69) is 188 Å². The number of fused-ring (bicyclic) bond motifs is 11. The van der Waals surface area contributed by atoms with E-state index in [9.17, 15) is 0 Å². The van der Waals surface area contributed by atoms with Gasteiger partial charge in [0.05, 0.1) is 16.6 Å². The van der Waals surface area contributed by atoms with Crippen LogP contribution >= 0.6 is 0 Å². The first-order valence-corrected chi connectivity index (χ1v) is 21.8. The van der Waals surface area contributed by atoms with Crippen LogP contribution in [0.25, 0.3) is 77.6 Å². The maximum atomic E-state index is 2.75. The third kappa shape index (κ3) is 3.72. The van der Waals surface area contributed by atoms with Crippen LogP contribution in [0, 0.1) is 13.8 Å². The number of para-hydroxylation sites is 1. The van der Waals surface area contributed by atoms with Gasteiger partial charge in [-0.3, -0.25) is 0 Å². The summed E-state index contributed by atoms with van der Waals surface area (Å²) in [5.41, 5.74) is 29.4. The molecule has 10 aromatic rings. The summed E-state index contributed by atoms with van der Waals surface area (Å²) in [6, 6.07) is 59.1. The van der Waals surface area contributed by atoms with Crippen molar-refractivity contribution in [3.8, 4) is 44.9 Å². The minimum Gasteiger partial charge on any atom is -0.310 e. The molecule has 2 aromatic heterocycles. The van der Waals surface area contributed by atoms with Gasteiger partial charge in [-0.25, -0.2) is 0 Å². The van der Waals surface area contributed by atoms with Crippen LogP contribution in [0.1, 0.15) is 58.4 Å². The fourth-order valence-corrected chi connectivity index (χ4v) is 12.5. The molecule has 0 saturated heterocycles. The first-order valence-electron chi connectivity index (χ1n) is 21.8. The molecule has 60 heavy (non-hydrogen) atoms. The molecule has 1 aliphatic carbocycles. The van der Waals surface area contributed by atoms with E-state index in [0.29, 0.717) is 0 Å². The highest BCUT2D eigenvalue weighted by Gasteiger charge is 2.54. The number of rotatable bonds is 4. The number of nitrogens with zero attached hydrogens (tertiary/aromatic N) is 2. The summed E-state index contributed by atoms with van der Waals surface area (Å²) >= 11 is 0. The van der Waals surface area contributed by atoms with Crippen molar-refractivity contribution < 1.29 is 0 Å². The molecule has 0 radical (unpaired) electrons. The Bertz CT molecular complexity index is 3530. The molecule has 3 heteroatoms. The summed E-state index contributed by atoms with van der Waals surface area (Å²) in [7, 11) is 0. The highest BCUT2D eigenvalue weighted by Crippen LogP contribution is 2.62. The van der Waals surface area contributed by atoms with Gasteiger partial charge in [0.2, 0.25) is 0 Å². The van der Waals surface area contributed by atoms with Crippen molar-refractivity contribution in [3.63, 3.8) is 0 Å². The van der Waals surface area contributed by atoms with Gasteiger partial charge in [-0.05, 0) is 117 Å². The molecule has 8 aromatic carbocycles. The van der Waals surface area contributed by atoms with Gasteiger partial charge >= 0.3 is 0 Å². The zero-order chi connectivity index (χ0) is 39.8. The molecule has 1 spiro atoms. The van der Waals surface area contributed by atoms with Gasteiger partial charge in [-0.2, -0.15) is 0 Å². The van der Waals surface area contributed by atoms with Crippen LogP contribution < -0.4 is 16.4 Å². The summed E-state index contributed by atoms with van der Waals surface area (Å²) in [6.45, 7) is 9.27. The first-order chi connectivity index (χ1) is 29.5. The van der Waals surface area contributed by atoms with Gasteiger partial charge in [-0.1, -0.05) is 158 Å². The van der Waals surface area contributed by atoms with Crippen LogP contribution in [0.3, 0.4) is 0 Å². The average molecular weight is 765 g/mol. The summed E-state index contributed by atoms with van der Waals surface area (Å²) < 4.78 is 5.41. The molecule has 0 amide bonds. The third-order valence-electron chi connectivity index (χ3n) is 14.9. The Morgan fingerprint density at radius 1 is 0.483 bits per heavy atom. The van der Waals surface area contributed by atoms with E-state index in [1.165, 1.54) is 138 Å². The molecule has 0 N–H and O–H groups in total. The molecule has 0 unspecified atom stereocenters. The lowest BCUT2D eigenvalue weighted by Gasteiger charge is -2.44. The molecular weight excluding hydrogens is 723 g/mol. The second-order valence-electron chi connectivity index (χ2n) is 17.9. The lowest BCUT2D eigenvalue weighted by Crippen LogP contribution is -2.60. The van der Waals surface area contributed by atoms with Gasteiger partial charge in [0, 0.05) is 44.1 Å². The second-order valence-corrected chi connectivity index (χ2v) is 17.9. The van der Waals surface area contributed by atoms with Crippen molar-refractivity contribution in [2.75, 3.05) is 0 Å². The molecule has 0 bridgehead atoms. The van der Waals surface area contributed by atoms with Crippen molar-refractivity contribution in [2.24, 2.45) is 0 Å². The minimum atomic E-state index is -0.489. The number of hydrogen-bond acceptors (Lipinski definition) is 0. The fraction of sp³-hybridized carbons (Fsp3) is 0.123. The Labute approximate surface area is 350 Å². The third-order valence-corrected chi connectivity index (χ3v) is 14.9. The van der Waals surface area contributed by atoms with Crippen LogP contribution in [0.2, 0.25) is 0 Å². The maximum absolute atomic E-state index is 2.75. The van der Waals surface area contributed by atoms with Crippen LogP contribution in [0.4, 0.5) is 0 Å². The SMILES string of the molecule is CCc1cc2c3c(c1)c1cc(CC)cc4c1n3-c1c(ccc3c1B2c1cccc2c(-c5ccccc5)c(-c5ccccc5)n-3c12)C41c2cc(C)ccc2-c2ccc(C)cc21. The van der Waals surface area contributed by atoms with Gasteiger partial charge < -0.3 is 9.13 Å². The van der Waals surface area contributed by atoms with Crippen LogP contribution in [0.15, 0.2) is 152 Å². The minimum absolute atomic E-state index is 0.0683. The fourth-order valence-electron chi connectivity index (χ4n) is 12.5. The maximum Gasteiger partial charge on any atom is 0.252 e. The highest BCUT2D eigenvalue weighted by molar-refractivity contribution is 7.00. The Kier molecular flexibility index (Phi) is 6.20. The lowest BCUT2D eigenvalue weighted by atomic mass is 9.33. The molecule has 0 fully saturated rings. The topological polar surface area (TPSA) is 9.86 Å². The molecule has 0 atom stereocenters. The zero-order valence-electron chi connectivity index (χ0n) is 34.3. The van der Waals surface area contributed by atoms with E-state index in [1.807, 2.05) is 0 Å². The standard InChI is InChI=1S/C57H41BN2/c1-5-34-28-41-42-29-35(6-2)31-48-55(42)60-53(41)46(30-34)57(44-26-32(3)20-22-38(44)39-23-21-33(4)27-45(39)57)43-24-25-49-51(56(43)60)58(48)47-19-13-18-40-50(36-14-9-7-10-15-36)52(59(49)54(40)47)37-16-11-8-12-17-37/h7-31H,5-6H2,1-4H3. The van der Waals surface area contributed by atoms with Crippen LogP contribution in [-0.4, -0.2) is 15.8 Å². The monoisotopic (exact) mass is 764 g/mol. The van der Waals surface area contributed by atoms with E-state index in [4.69, 9.17) is 0 Å². The predicted octanol–water partition coefficient (Wildman–Crippen LogP) is 11.6. The van der Waals surface area contributed by atoms with Crippen LogP contribution in [-0.2, 0) is 18.3 Å². The smallest absolute Gasteiger partial charge is 0.252 e. The van der Waals surface area contributed by atoms with Gasteiger partial charge in [0.1, 0.15) is 0 Å². The zero-order valence-corrected chi connectivity index (χ0v) is 34.3. The number of aromatic nitrogens is 2. The number of benzene rings is 8. The van der Waals surface area contributed by atoms with Crippen LogP contribution in [0.5, 0.6) is 0 Å². The summed E-state index contributed by atoms with van der Waals surface area (Å²) in [5.74, 6) is 0. The molecule has 282 valence electrons. The van der Waals surface area contributed by atoms with E-state index in [1.54, 1.807) is 0 Å². The van der Waals surface area contributed by atoms with E-state index in [0.717, 1.165) is 12.8 Å². The Balaban J connectivity index is 1.25. The lowest BCUT2D eigenvalue weighted by molar-refractivity contribution is 0.745. The summed E-state index contributed by atoms with van der Waals surface area (Å²) in [5, 5.41) is 4.09. The molecule has 14 rings (SSSR count). The Hall–Kier alpha value is -6.84. The van der Waals surface area contributed by atoms with Crippen molar-refractivity contribution >= 4 is 55.8 Å². The van der Waals surface area contributed by atoms with Crippen molar-refractivity contribution in [3.05, 3.63) is 196 Å². The number of hydrogen-bond donors (Lipinski definition) is 0. The van der Waals surface area contributed by atoms with E-state index >= 15 is 0 Å². The van der Waals surface area contributed by atoms with E-state index < -0.39 is 5.41 Å². The van der Waals surface area contributed by atoms with Gasteiger partial charge in [0.15, 0.2) is 0 Å².